The van der Waals surface area contributed by atoms with E-state index in [1.807, 2.05) is 4.90 Å². The van der Waals surface area contributed by atoms with Gasteiger partial charge in [-0.05, 0) is 39.2 Å². The Morgan fingerprint density at radius 2 is 1.89 bits per heavy atom. The molecule has 0 bridgehead atoms. The molecule has 0 aromatic rings. The lowest BCUT2D eigenvalue weighted by Gasteiger charge is -2.41. The van der Waals surface area contributed by atoms with Gasteiger partial charge in [0.2, 0.25) is 0 Å². The van der Waals surface area contributed by atoms with Gasteiger partial charge >= 0.3 is 0 Å². The van der Waals surface area contributed by atoms with E-state index in [0.29, 0.717) is 30.6 Å². The predicted molar refractivity (Wildman–Crippen MR) is 111 cm³/mol. The van der Waals surface area contributed by atoms with Crippen molar-refractivity contribution in [3.63, 3.8) is 0 Å². The molecule has 0 aromatic carbocycles. The van der Waals surface area contributed by atoms with Crippen molar-refractivity contribution in [1.29, 1.82) is 5.41 Å². The van der Waals surface area contributed by atoms with Gasteiger partial charge in [-0.3, -0.25) is 10.2 Å². The average Bonchev–Trinajstić information content (AvgIpc) is 2.66. The fourth-order valence-corrected chi connectivity index (χ4v) is 4.12. The predicted octanol–water partition coefficient (Wildman–Crippen LogP) is 0.738. The molecule has 0 radical (unpaired) electrons. The van der Waals surface area contributed by atoms with Crippen LogP contribution in [0.25, 0.3) is 0 Å². The molecule has 2 atom stereocenters. The summed E-state index contributed by atoms with van der Waals surface area (Å²) in [7, 11) is 0. The number of hydrogen-bond donors (Lipinski definition) is 6. The van der Waals surface area contributed by atoms with Gasteiger partial charge in [0.25, 0.3) is 5.91 Å². The van der Waals surface area contributed by atoms with Crippen LogP contribution in [0.1, 0.15) is 52.4 Å². The summed E-state index contributed by atoms with van der Waals surface area (Å²) in [6, 6.07) is 0.789. The van der Waals surface area contributed by atoms with Crippen molar-refractivity contribution in [2.45, 2.75) is 64.5 Å². The minimum atomic E-state index is -0.446. The Hall–Kier alpha value is -2.06. The van der Waals surface area contributed by atoms with Crippen molar-refractivity contribution < 1.29 is 9.90 Å². The van der Waals surface area contributed by atoms with Crippen LogP contribution in [-0.2, 0) is 4.79 Å². The Kier molecular flexibility index (Phi) is 8.32. The second kappa shape index (κ2) is 10.5. The molecule has 8 N–H and O–H groups in total. The lowest BCUT2D eigenvalue weighted by atomic mass is 9.89. The zero-order valence-electron chi connectivity index (χ0n) is 17.1. The van der Waals surface area contributed by atoms with Gasteiger partial charge in [0.05, 0.1) is 11.4 Å². The molecular weight excluding hydrogens is 356 g/mol. The molecule has 1 amide bonds. The van der Waals surface area contributed by atoms with Crippen LogP contribution in [0.4, 0.5) is 0 Å². The van der Waals surface area contributed by atoms with Gasteiger partial charge in [-0.2, -0.15) is 0 Å². The molecule has 2 fully saturated rings. The van der Waals surface area contributed by atoms with Crippen LogP contribution in [0.3, 0.4) is 0 Å². The molecule has 2 aliphatic rings. The summed E-state index contributed by atoms with van der Waals surface area (Å²) in [5, 5.41) is 23.7. The average molecular weight is 393 g/mol. The van der Waals surface area contributed by atoms with Crippen LogP contribution >= 0.6 is 0 Å². The Bertz CT molecular complexity index is 620. The standard InChI is InChI=1S/C20H36N6O2/c1-13(21)10-17(20(28)24-14(2)22)19(23)26-9-8-18(15(11-26)12-27)25-16-6-4-3-5-7-16/h10,15-16,18,25,27H,3-9,11-12,21,23H2,1-2H3,(H2,22,24,28)/b13-10-,19-17-. The highest BCUT2D eigenvalue weighted by Crippen LogP contribution is 2.24. The number of amides is 1. The first-order valence-corrected chi connectivity index (χ1v) is 10.2. The monoisotopic (exact) mass is 392 g/mol. The third-order valence-electron chi connectivity index (χ3n) is 5.56. The Balaban J connectivity index is 2.12. The molecule has 2 rings (SSSR count). The second-order valence-electron chi connectivity index (χ2n) is 8.05. The van der Waals surface area contributed by atoms with Gasteiger partial charge in [0, 0.05) is 43.4 Å². The van der Waals surface area contributed by atoms with E-state index in [-0.39, 0.29) is 30.0 Å². The number of nitrogens with zero attached hydrogens (tertiary/aromatic N) is 1. The molecule has 1 heterocycles. The van der Waals surface area contributed by atoms with Crippen LogP contribution in [0, 0.1) is 11.3 Å². The number of hydrogen-bond acceptors (Lipinski definition) is 7. The van der Waals surface area contributed by atoms with Gasteiger partial charge in [-0.25, -0.2) is 0 Å². The van der Waals surface area contributed by atoms with Crippen LogP contribution < -0.4 is 22.1 Å². The minimum absolute atomic E-state index is 0.0435. The number of carbonyl (C=O) groups excluding carboxylic acids is 1. The molecule has 1 saturated carbocycles. The molecule has 2 unspecified atom stereocenters. The maximum absolute atomic E-state index is 12.5. The number of likely N-dealkylation sites (tertiary alicyclic amines) is 1. The van der Waals surface area contributed by atoms with E-state index in [9.17, 15) is 9.90 Å². The van der Waals surface area contributed by atoms with Crippen molar-refractivity contribution >= 4 is 11.7 Å². The normalized spacial score (nSPS) is 25.2. The zero-order valence-corrected chi connectivity index (χ0v) is 17.1. The number of amidine groups is 1. The summed E-state index contributed by atoms with van der Waals surface area (Å²) in [6.07, 6.45) is 8.65. The van der Waals surface area contributed by atoms with Gasteiger partial charge in [0.15, 0.2) is 0 Å². The SMILES string of the molecule is CC(=N)NC(=O)C(/C=C(/C)N)=C(/N)N1CCC(NC2CCCCC2)C(CO)C1. The number of nitrogens with two attached hydrogens (primary N) is 2. The summed E-state index contributed by atoms with van der Waals surface area (Å²) in [4.78, 5) is 14.4. The van der Waals surface area contributed by atoms with Crippen LogP contribution in [-0.4, -0.2) is 53.5 Å². The summed E-state index contributed by atoms with van der Waals surface area (Å²) >= 11 is 0. The largest absolute Gasteiger partial charge is 0.402 e. The first kappa shape index (κ1) is 22.2. The van der Waals surface area contributed by atoms with Crippen LogP contribution in [0.2, 0.25) is 0 Å². The van der Waals surface area contributed by atoms with E-state index in [0.717, 1.165) is 6.42 Å². The van der Waals surface area contributed by atoms with E-state index < -0.39 is 5.91 Å². The van der Waals surface area contributed by atoms with Gasteiger partial charge < -0.3 is 32.1 Å². The smallest absolute Gasteiger partial charge is 0.260 e. The lowest BCUT2D eigenvalue weighted by Crippen LogP contribution is -2.54. The number of piperidine rings is 1. The molecule has 158 valence electrons. The van der Waals surface area contributed by atoms with Crippen molar-refractivity contribution in [3.8, 4) is 0 Å². The van der Waals surface area contributed by atoms with E-state index in [1.165, 1.54) is 45.1 Å². The Labute approximate surface area is 167 Å². The van der Waals surface area contributed by atoms with Crippen molar-refractivity contribution in [2.75, 3.05) is 19.7 Å². The van der Waals surface area contributed by atoms with E-state index in [2.05, 4.69) is 10.6 Å². The Morgan fingerprint density at radius 3 is 2.46 bits per heavy atom. The van der Waals surface area contributed by atoms with Crippen molar-refractivity contribution in [3.05, 3.63) is 23.2 Å². The summed E-state index contributed by atoms with van der Waals surface area (Å²) in [6.45, 7) is 4.53. The maximum atomic E-state index is 12.5. The molecule has 1 aliphatic carbocycles. The first-order valence-electron chi connectivity index (χ1n) is 10.2. The number of aliphatic hydroxyl groups is 1. The highest BCUT2D eigenvalue weighted by atomic mass is 16.3. The highest BCUT2D eigenvalue weighted by molar-refractivity contribution is 6.06. The molecule has 8 nitrogen and oxygen atoms in total. The topological polar surface area (TPSA) is 140 Å². The van der Waals surface area contributed by atoms with E-state index in [1.54, 1.807) is 6.92 Å². The molecule has 0 spiro atoms. The second-order valence-corrected chi connectivity index (χ2v) is 8.05. The van der Waals surface area contributed by atoms with Gasteiger partial charge in [0.1, 0.15) is 5.82 Å². The fraction of sp³-hybridized carbons (Fsp3) is 0.700. The number of nitrogens with one attached hydrogen (secondary N) is 3. The maximum Gasteiger partial charge on any atom is 0.260 e. The lowest BCUT2D eigenvalue weighted by molar-refractivity contribution is -0.116. The fourth-order valence-electron chi connectivity index (χ4n) is 4.12. The number of carbonyl (C=O) groups is 1. The molecule has 1 saturated heterocycles. The molecule has 8 heteroatoms. The molecule has 1 aliphatic heterocycles. The van der Waals surface area contributed by atoms with Crippen molar-refractivity contribution in [1.82, 2.24) is 15.5 Å². The Morgan fingerprint density at radius 1 is 1.21 bits per heavy atom. The van der Waals surface area contributed by atoms with E-state index in [4.69, 9.17) is 16.9 Å². The third kappa shape index (κ3) is 6.24. The molecular formula is C20H36N6O2. The summed E-state index contributed by atoms with van der Waals surface area (Å²) < 4.78 is 0. The third-order valence-corrected chi connectivity index (χ3v) is 5.56. The van der Waals surface area contributed by atoms with Crippen molar-refractivity contribution in [2.24, 2.45) is 17.4 Å². The van der Waals surface area contributed by atoms with Gasteiger partial charge in [-0.15, -0.1) is 0 Å². The number of aliphatic hydroxyl groups excluding tert-OH is 1. The van der Waals surface area contributed by atoms with E-state index >= 15 is 0 Å². The highest BCUT2D eigenvalue weighted by Gasteiger charge is 2.32. The molecule has 0 aromatic heterocycles. The summed E-state index contributed by atoms with van der Waals surface area (Å²) in [5.74, 6) is -0.0242. The molecule has 28 heavy (non-hydrogen) atoms. The number of rotatable bonds is 6. The quantitative estimate of drug-likeness (QED) is 0.170. The van der Waals surface area contributed by atoms with Gasteiger partial charge in [-0.1, -0.05) is 19.3 Å². The minimum Gasteiger partial charge on any atom is -0.402 e. The van der Waals surface area contributed by atoms with Crippen LogP contribution in [0.15, 0.2) is 23.2 Å². The number of allylic oxidation sites excluding steroid dienone is 1. The first-order chi connectivity index (χ1) is 13.3. The summed E-state index contributed by atoms with van der Waals surface area (Å²) in [5.41, 5.74) is 12.8. The van der Waals surface area contributed by atoms with Crippen LogP contribution in [0.5, 0.6) is 0 Å². The zero-order chi connectivity index (χ0) is 20.7.